The summed E-state index contributed by atoms with van der Waals surface area (Å²) in [4.78, 5) is 20.3. The molecule has 0 spiro atoms. The van der Waals surface area contributed by atoms with Crippen LogP contribution in [0.4, 0.5) is 5.69 Å². The number of hydrogen-bond donors (Lipinski definition) is 0. The lowest BCUT2D eigenvalue weighted by Crippen LogP contribution is -2.24. The Balaban J connectivity index is 1.43. The monoisotopic (exact) mass is 559 g/mol. The highest BCUT2D eigenvalue weighted by Gasteiger charge is 2.21. The molecule has 0 aliphatic carbocycles. The average molecular weight is 560 g/mol. The van der Waals surface area contributed by atoms with Gasteiger partial charge in [0.15, 0.2) is 0 Å². The molecule has 0 fully saturated rings. The number of carbonyl (C=O) groups excluding carboxylic acids is 1. The molecule has 0 bridgehead atoms. The summed E-state index contributed by atoms with van der Waals surface area (Å²) in [5, 5.41) is 0. The Morgan fingerprint density at radius 2 is 1.60 bits per heavy atom. The van der Waals surface area contributed by atoms with Crippen LogP contribution in [0.2, 0.25) is 0 Å². The number of rotatable bonds is 10. The molecule has 0 radical (unpaired) electrons. The highest BCUT2D eigenvalue weighted by molar-refractivity contribution is 5.97. The fraction of sp³-hybridized carbons (Fsp3) is 0.297. The lowest BCUT2D eigenvalue weighted by molar-refractivity contribution is 0.00704. The van der Waals surface area contributed by atoms with E-state index in [1.807, 2.05) is 45.0 Å². The first-order valence-electron chi connectivity index (χ1n) is 14.9. The Hall–Kier alpha value is -4.38. The molecule has 5 nitrogen and oxygen atoms in total. The predicted octanol–water partition coefficient (Wildman–Crippen LogP) is 8.69. The minimum absolute atomic E-state index is 0.305. The molecule has 0 saturated heterocycles. The summed E-state index contributed by atoms with van der Waals surface area (Å²) < 4.78 is 8.04. The summed E-state index contributed by atoms with van der Waals surface area (Å²) in [6, 6.07) is 33.3. The van der Waals surface area contributed by atoms with Gasteiger partial charge in [-0.2, -0.15) is 0 Å². The van der Waals surface area contributed by atoms with Gasteiger partial charge in [-0.15, -0.1) is 0 Å². The fourth-order valence-electron chi connectivity index (χ4n) is 5.27. The molecule has 1 aromatic heterocycles. The molecule has 5 heteroatoms. The molecule has 5 aromatic rings. The molecule has 4 aromatic carbocycles. The van der Waals surface area contributed by atoms with Crippen LogP contribution in [0.25, 0.3) is 22.2 Å². The number of ether oxygens (including phenoxy) is 1. The molecule has 216 valence electrons. The summed E-state index contributed by atoms with van der Waals surface area (Å²) in [6.45, 7) is 9.46. The third kappa shape index (κ3) is 6.91. The molecule has 0 N–H and O–H groups in total. The van der Waals surface area contributed by atoms with E-state index in [2.05, 4.69) is 96.2 Å². The molecule has 0 saturated carbocycles. The van der Waals surface area contributed by atoms with E-state index in [1.165, 1.54) is 16.8 Å². The quantitative estimate of drug-likeness (QED) is 0.161. The first-order chi connectivity index (χ1) is 20.2. The van der Waals surface area contributed by atoms with Crippen LogP contribution in [0.1, 0.15) is 67.8 Å². The van der Waals surface area contributed by atoms with Gasteiger partial charge in [-0.25, -0.2) is 9.78 Å². The Kier molecular flexibility index (Phi) is 8.77. The molecule has 42 heavy (non-hydrogen) atoms. The van der Waals surface area contributed by atoms with Gasteiger partial charge in [0.25, 0.3) is 0 Å². The number of aromatic nitrogens is 2. The van der Waals surface area contributed by atoms with Crippen molar-refractivity contribution in [2.75, 3.05) is 11.9 Å². The average Bonchev–Trinajstić information content (AvgIpc) is 3.32. The van der Waals surface area contributed by atoms with Crippen LogP contribution in [0, 0.1) is 0 Å². The van der Waals surface area contributed by atoms with Crippen molar-refractivity contribution in [3.63, 3.8) is 0 Å². The minimum Gasteiger partial charge on any atom is -0.456 e. The van der Waals surface area contributed by atoms with E-state index in [0.29, 0.717) is 5.56 Å². The number of anilines is 1. The zero-order valence-electron chi connectivity index (χ0n) is 25.4. The summed E-state index contributed by atoms with van der Waals surface area (Å²) in [5.74, 6) is 0.815. The first kappa shape index (κ1) is 29.1. The maximum absolute atomic E-state index is 12.9. The second-order valence-electron chi connectivity index (χ2n) is 12.0. The molecular formula is C37H41N3O2. The van der Waals surface area contributed by atoms with Gasteiger partial charge in [0.2, 0.25) is 0 Å². The maximum atomic E-state index is 12.9. The lowest BCUT2D eigenvalue weighted by Gasteiger charge is -2.20. The van der Waals surface area contributed by atoms with E-state index in [1.54, 1.807) is 0 Å². The van der Waals surface area contributed by atoms with Crippen molar-refractivity contribution < 1.29 is 9.53 Å². The first-order valence-corrected chi connectivity index (χ1v) is 14.9. The van der Waals surface area contributed by atoms with Crippen molar-refractivity contribution in [1.29, 1.82) is 0 Å². The second kappa shape index (κ2) is 12.6. The van der Waals surface area contributed by atoms with Crippen molar-refractivity contribution in [2.24, 2.45) is 0 Å². The van der Waals surface area contributed by atoms with Crippen molar-refractivity contribution in [1.82, 2.24) is 9.55 Å². The van der Waals surface area contributed by atoms with Crippen LogP contribution in [0.5, 0.6) is 0 Å². The molecule has 0 aliphatic heterocycles. The predicted molar refractivity (Wildman–Crippen MR) is 173 cm³/mol. The number of benzene rings is 4. The number of fused-ring (bicyclic) bond motifs is 1. The number of aryl methyl sites for hydroxylation is 1. The van der Waals surface area contributed by atoms with Crippen molar-refractivity contribution in [2.45, 2.75) is 65.6 Å². The van der Waals surface area contributed by atoms with E-state index in [9.17, 15) is 4.79 Å². The normalized spacial score (nSPS) is 11.5. The molecule has 0 aliphatic rings. The standard InChI is InChI=1S/C37H41N3O2/c1-6-7-17-35-38-33-23-22-30(39(5)25-27-13-9-8-10-14-27)24-34(33)40(35)26-28-18-20-29(21-19-28)31-15-11-12-16-32(31)36(41)42-37(2,3)4/h8-16,18-24H,6-7,17,25-26H2,1-5H3. The number of imidazole rings is 1. The van der Waals surface area contributed by atoms with Crippen LogP contribution >= 0.6 is 0 Å². The molecule has 1 heterocycles. The van der Waals surface area contributed by atoms with Crippen molar-refractivity contribution in [3.05, 3.63) is 120 Å². The van der Waals surface area contributed by atoms with Crippen molar-refractivity contribution >= 4 is 22.7 Å². The van der Waals surface area contributed by atoms with E-state index < -0.39 is 5.60 Å². The van der Waals surface area contributed by atoms with Gasteiger partial charge in [0.05, 0.1) is 16.6 Å². The maximum Gasteiger partial charge on any atom is 0.339 e. The van der Waals surface area contributed by atoms with Gasteiger partial charge in [-0.05, 0) is 73.7 Å². The summed E-state index contributed by atoms with van der Waals surface area (Å²) in [6.07, 6.45) is 3.17. The number of nitrogens with zero attached hydrogens (tertiary/aromatic N) is 3. The Morgan fingerprint density at radius 3 is 2.31 bits per heavy atom. The SMILES string of the molecule is CCCCc1nc2ccc(N(C)Cc3ccccc3)cc2n1Cc1ccc(-c2ccccc2C(=O)OC(C)(C)C)cc1. The molecular weight excluding hydrogens is 518 g/mol. The van der Waals surface area contributed by atoms with Gasteiger partial charge in [0.1, 0.15) is 11.4 Å². The van der Waals surface area contributed by atoms with E-state index in [4.69, 9.17) is 9.72 Å². The van der Waals surface area contributed by atoms with Crippen LogP contribution in [0.15, 0.2) is 97.1 Å². The van der Waals surface area contributed by atoms with Crippen LogP contribution < -0.4 is 4.90 Å². The Labute approximate surface area is 249 Å². The number of esters is 1. The summed E-state index contributed by atoms with van der Waals surface area (Å²) in [7, 11) is 2.14. The van der Waals surface area contributed by atoms with E-state index >= 15 is 0 Å². The summed E-state index contributed by atoms with van der Waals surface area (Å²) >= 11 is 0. The highest BCUT2D eigenvalue weighted by Crippen LogP contribution is 2.28. The smallest absolute Gasteiger partial charge is 0.339 e. The zero-order chi connectivity index (χ0) is 29.7. The minimum atomic E-state index is -0.548. The highest BCUT2D eigenvalue weighted by atomic mass is 16.6. The number of carbonyl (C=O) groups is 1. The summed E-state index contributed by atoms with van der Waals surface area (Å²) in [5.41, 5.74) is 7.72. The van der Waals surface area contributed by atoms with Gasteiger partial charge in [0, 0.05) is 32.2 Å². The van der Waals surface area contributed by atoms with Crippen LogP contribution in [-0.2, 0) is 24.2 Å². The second-order valence-corrected chi connectivity index (χ2v) is 12.0. The zero-order valence-corrected chi connectivity index (χ0v) is 25.4. The van der Waals surface area contributed by atoms with Crippen molar-refractivity contribution in [3.8, 4) is 11.1 Å². The number of unbranched alkanes of at least 4 members (excludes halogenated alkanes) is 1. The fourth-order valence-corrected chi connectivity index (χ4v) is 5.27. The third-order valence-electron chi connectivity index (χ3n) is 7.42. The van der Waals surface area contributed by atoms with Crippen LogP contribution in [0.3, 0.4) is 0 Å². The van der Waals surface area contributed by atoms with Gasteiger partial charge in [-0.1, -0.05) is 86.1 Å². The van der Waals surface area contributed by atoms with E-state index in [-0.39, 0.29) is 5.97 Å². The van der Waals surface area contributed by atoms with Gasteiger partial charge >= 0.3 is 5.97 Å². The lowest BCUT2D eigenvalue weighted by atomic mass is 9.98. The largest absolute Gasteiger partial charge is 0.456 e. The number of hydrogen-bond acceptors (Lipinski definition) is 4. The van der Waals surface area contributed by atoms with Crippen LogP contribution in [-0.4, -0.2) is 28.2 Å². The third-order valence-corrected chi connectivity index (χ3v) is 7.42. The molecule has 0 atom stereocenters. The molecule has 0 amide bonds. The topological polar surface area (TPSA) is 47.4 Å². The molecule has 0 unspecified atom stereocenters. The Bertz CT molecular complexity index is 1650. The van der Waals surface area contributed by atoms with Gasteiger partial charge in [-0.3, -0.25) is 0 Å². The molecule has 5 rings (SSSR count). The van der Waals surface area contributed by atoms with E-state index in [0.717, 1.165) is 60.3 Å². The van der Waals surface area contributed by atoms with Gasteiger partial charge < -0.3 is 14.2 Å². The Morgan fingerprint density at radius 1 is 0.881 bits per heavy atom.